The Morgan fingerprint density at radius 3 is 2.89 bits per heavy atom. The first-order valence-corrected chi connectivity index (χ1v) is 9.33. The molecule has 1 aromatic carbocycles. The lowest BCUT2D eigenvalue weighted by molar-refractivity contribution is -0.134. The zero-order valence-corrected chi connectivity index (χ0v) is 15.5. The van der Waals surface area contributed by atoms with E-state index in [0.717, 1.165) is 10.9 Å². The van der Waals surface area contributed by atoms with Crippen LogP contribution in [-0.4, -0.2) is 53.7 Å². The minimum absolute atomic E-state index is 0.0855. The van der Waals surface area contributed by atoms with Crippen LogP contribution in [0.15, 0.2) is 47.5 Å². The lowest BCUT2D eigenvalue weighted by Gasteiger charge is -2.16. The van der Waals surface area contributed by atoms with Gasteiger partial charge in [-0.15, -0.1) is 0 Å². The molecule has 0 aliphatic carbocycles. The van der Waals surface area contributed by atoms with Crippen molar-refractivity contribution in [1.82, 2.24) is 9.88 Å². The van der Waals surface area contributed by atoms with Crippen LogP contribution in [0.1, 0.15) is 16.9 Å². The van der Waals surface area contributed by atoms with Gasteiger partial charge >= 0.3 is 11.9 Å². The maximum atomic E-state index is 12.2. The van der Waals surface area contributed by atoms with E-state index in [2.05, 4.69) is 9.72 Å². The number of carbonyl (C=O) groups excluding carboxylic acids is 3. The summed E-state index contributed by atoms with van der Waals surface area (Å²) in [5.41, 5.74) is 0.969. The molecule has 0 saturated carbocycles. The van der Waals surface area contributed by atoms with E-state index in [1.54, 1.807) is 6.07 Å². The normalized spacial score (nSPS) is 15.4. The molecule has 0 unspecified atom stereocenters. The minimum atomic E-state index is -0.508. The largest absolute Gasteiger partial charge is 0.466 e. The van der Waals surface area contributed by atoms with Crippen molar-refractivity contribution in [3.8, 4) is 0 Å². The van der Waals surface area contributed by atoms with Gasteiger partial charge in [-0.2, -0.15) is 0 Å². The van der Waals surface area contributed by atoms with Crippen LogP contribution >= 0.6 is 11.8 Å². The maximum Gasteiger partial charge on any atom is 0.356 e. The third-order valence-corrected chi connectivity index (χ3v) is 4.95. The van der Waals surface area contributed by atoms with Crippen molar-refractivity contribution in [3.05, 3.63) is 53.2 Å². The van der Waals surface area contributed by atoms with E-state index in [9.17, 15) is 14.4 Å². The van der Waals surface area contributed by atoms with Crippen LogP contribution in [0.4, 0.5) is 0 Å². The number of fused-ring (bicyclic) bond motifs is 1. The molecular formula is C19H18N2O5S. The number of pyridine rings is 1. The van der Waals surface area contributed by atoms with Crippen LogP contribution in [0, 0.1) is 0 Å². The van der Waals surface area contributed by atoms with Crippen molar-refractivity contribution in [3.63, 3.8) is 0 Å². The fourth-order valence-electron chi connectivity index (χ4n) is 2.57. The highest BCUT2D eigenvalue weighted by Crippen LogP contribution is 2.28. The maximum absolute atomic E-state index is 12.2. The third kappa shape index (κ3) is 4.65. The smallest absolute Gasteiger partial charge is 0.356 e. The van der Waals surface area contributed by atoms with Crippen LogP contribution < -0.4 is 0 Å². The number of nitrogens with zero attached hydrogens (tertiary/aromatic N) is 2. The molecule has 0 atom stereocenters. The van der Waals surface area contributed by atoms with E-state index >= 15 is 0 Å². The summed E-state index contributed by atoms with van der Waals surface area (Å²) in [5, 5.41) is 1.50. The number of ether oxygens (including phenoxy) is 2. The molecule has 27 heavy (non-hydrogen) atoms. The first-order valence-electron chi connectivity index (χ1n) is 8.34. The molecule has 0 bridgehead atoms. The van der Waals surface area contributed by atoms with Gasteiger partial charge in [0.25, 0.3) is 0 Å². The number of esters is 2. The quantitative estimate of drug-likeness (QED) is 0.428. The predicted octanol–water partition coefficient (Wildman–Crippen LogP) is 2.37. The van der Waals surface area contributed by atoms with Crippen molar-refractivity contribution < 1.29 is 23.9 Å². The summed E-state index contributed by atoms with van der Waals surface area (Å²) in [6, 6.07) is 11.0. The number of rotatable bonds is 6. The number of carbonyl (C=O) groups is 3. The molecule has 1 amide bonds. The van der Waals surface area contributed by atoms with Gasteiger partial charge in [-0.3, -0.25) is 4.79 Å². The van der Waals surface area contributed by atoms with Crippen LogP contribution in [0.25, 0.3) is 10.9 Å². The Bertz CT molecular complexity index is 912. The molecular weight excluding hydrogens is 368 g/mol. The summed E-state index contributed by atoms with van der Waals surface area (Å²) in [7, 11) is 1.28. The summed E-state index contributed by atoms with van der Waals surface area (Å²) >= 11 is 1.28. The summed E-state index contributed by atoms with van der Waals surface area (Å²) in [5.74, 6) is -0.819. The first-order chi connectivity index (χ1) is 13.1. The van der Waals surface area contributed by atoms with Gasteiger partial charge in [0.15, 0.2) is 0 Å². The Labute approximate surface area is 160 Å². The third-order valence-electron chi connectivity index (χ3n) is 3.92. The highest BCUT2D eigenvalue weighted by molar-refractivity contribution is 8.04. The van der Waals surface area contributed by atoms with E-state index in [-0.39, 0.29) is 24.0 Å². The SMILES string of the molecule is COC(=O)/C=C1/SCC(=O)N1CCCOC(=O)c1ccc2ccccc2n1. The standard InChI is InChI=1S/C19H18N2O5S/c1-25-18(23)11-17-21(16(22)12-27-17)9-4-10-26-19(24)15-8-7-13-5-2-3-6-14(13)20-15/h2-3,5-8,11H,4,9-10,12H2,1H3/b17-11+. The van der Waals surface area contributed by atoms with Gasteiger partial charge in [0.1, 0.15) is 5.69 Å². The van der Waals surface area contributed by atoms with Gasteiger partial charge in [-0.25, -0.2) is 14.6 Å². The number of thioether (sulfide) groups is 1. The lowest BCUT2D eigenvalue weighted by Crippen LogP contribution is -2.27. The number of para-hydroxylation sites is 1. The molecule has 1 fully saturated rings. The number of methoxy groups -OCH3 is 1. The van der Waals surface area contributed by atoms with Crippen LogP contribution in [0.3, 0.4) is 0 Å². The molecule has 0 spiro atoms. The highest BCUT2D eigenvalue weighted by atomic mass is 32.2. The fraction of sp³-hybridized carbons (Fsp3) is 0.263. The zero-order valence-electron chi connectivity index (χ0n) is 14.7. The Hall–Kier alpha value is -2.87. The Morgan fingerprint density at radius 1 is 1.26 bits per heavy atom. The van der Waals surface area contributed by atoms with Crippen molar-refractivity contribution in [1.29, 1.82) is 0 Å². The van der Waals surface area contributed by atoms with Crippen molar-refractivity contribution >= 4 is 40.5 Å². The molecule has 2 heterocycles. The zero-order chi connectivity index (χ0) is 19.2. The molecule has 140 valence electrons. The van der Waals surface area contributed by atoms with Gasteiger partial charge in [0, 0.05) is 11.9 Å². The van der Waals surface area contributed by atoms with E-state index in [0.29, 0.717) is 18.0 Å². The Morgan fingerprint density at radius 2 is 2.07 bits per heavy atom. The molecule has 7 nitrogen and oxygen atoms in total. The molecule has 1 aromatic heterocycles. The second-order valence-electron chi connectivity index (χ2n) is 5.72. The molecule has 3 rings (SSSR count). The number of amides is 1. The van der Waals surface area contributed by atoms with Gasteiger partial charge < -0.3 is 14.4 Å². The Balaban J connectivity index is 1.52. The van der Waals surface area contributed by atoms with Crippen molar-refractivity contribution in [2.75, 3.05) is 26.0 Å². The number of benzene rings is 1. The van der Waals surface area contributed by atoms with Gasteiger partial charge in [-0.1, -0.05) is 36.0 Å². The molecule has 0 radical (unpaired) electrons. The summed E-state index contributed by atoms with van der Waals surface area (Å²) in [6.45, 7) is 0.500. The second kappa shape index (κ2) is 8.68. The minimum Gasteiger partial charge on any atom is -0.466 e. The molecule has 2 aromatic rings. The van der Waals surface area contributed by atoms with Crippen LogP contribution in [0.2, 0.25) is 0 Å². The van der Waals surface area contributed by atoms with Crippen molar-refractivity contribution in [2.45, 2.75) is 6.42 Å². The summed E-state index contributed by atoms with van der Waals surface area (Å²) < 4.78 is 9.84. The van der Waals surface area contributed by atoms with Crippen LogP contribution in [-0.2, 0) is 19.1 Å². The summed E-state index contributed by atoms with van der Waals surface area (Å²) in [4.78, 5) is 41.2. The monoisotopic (exact) mass is 386 g/mol. The predicted molar refractivity (Wildman–Crippen MR) is 101 cm³/mol. The summed E-state index contributed by atoms with van der Waals surface area (Å²) in [6.07, 6.45) is 1.74. The van der Waals surface area contributed by atoms with Gasteiger partial charge in [0.2, 0.25) is 5.91 Å². The topological polar surface area (TPSA) is 85.8 Å². The van der Waals surface area contributed by atoms with E-state index < -0.39 is 11.9 Å². The lowest BCUT2D eigenvalue weighted by atomic mass is 10.2. The molecule has 1 aliphatic heterocycles. The van der Waals surface area contributed by atoms with Gasteiger partial charge in [0.05, 0.1) is 36.1 Å². The average molecular weight is 386 g/mol. The molecule has 0 N–H and O–H groups in total. The molecule has 1 aliphatic rings. The number of hydrogen-bond acceptors (Lipinski definition) is 7. The average Bonchev–Trinajstić information content (AvgIpc) is 3.03. The van der Waals surface area contributed by atoms with E-state index in [4.69, 9.17) is 4.74 Å². The fourth-order valence-corrected chi connectivity index (χ4v) is 3.53. The van der Waals surface area contributed by atoms with Crippen molar-refractivity contribution in [2.24, 2.45) is 0 Å². The second-order valence-corrected chi connectivity index (χ2v) is 6.71. The molecule has 8 heteroatoms. The van der Waals surface area contributed by atoms with Crippen LogP contribution in [0.5, 0.6) is 0 Å². The van der Waals surface area contributed by atoms with E-state index in [1.807, 2.05) is 30.3 Å². The van der Waals surface area contributed by atoms with Gasteiger partial charge in [-0.05, 0) is 18.6 Å². The number of hydrogen-bond donors (Lipinski definition) is 0. The molecule has 1 saturated heterocycles. The Kier molecular flexibility index (Phi) is 6.08. The highest BCUT2D eigenvalue weighted by Gasteiger charge is 2.27. The van der Waals surface area contributed by atoms with E-state index in [1.165, 1.54) is 29.8 Å². The first kappa shape index (κ1) is 18.9. The number of aromatic nitrogens is 1.